The van der Waals surface area contributed by atoms with E-state index in [0.717, 1.165) is 10.4 Å². The van der Waals surface area contributed by atoms with Gasteiger partial charge in [-0.15, -0.1) is 11.3 Å². The molecular formula is C17H18ClNO4S. The van der Waals surface area contributed by atoms with E-state index in [1.54, 1.807) is 45.6 Å². The van der Waals surface area contributed by atoms with E-state index in [1.807, 2.05) is 6.07 Å². The second-order valence-corrected chi connectivity index (χ2v) is 6.47. The lowest BCUT2D eigenvalue weighted by atomic mass is 10.1. The van der Waals surface area contributed by atoms with Crippen LogP contribution < -0.4 is 19.5 Å². The van der Waals surface area contributed by atoms with Gasteiger partial charge < -0.3 is 19.5 Å². The van der Waals surface area contributed by atoms with Gasteiger partial charge in [-0.25, -0.2) is 0 Å². The second-order valence-electron chi connectivity index (χ2n) is 4.73. The third-order valence-corrected chi connectivity index (χ3v) is 4.38. The lowest BCUT2D eigenvalue weighted by Gasteiger charge is -2.14. The van der Waals surface area contributed by atoms with Crippen molar-refractivity contribution in [3.63, 3.8) is 0 Å². The van der Waals surface area contributed by atoms with Gasteiger partial charge in [-0.3, -0.25) is 4.79 Å². The fourth-order valence-corrected chi connectivity index (χ4v) is 3.02. The highest BCUT2D eigenvalue weighted by atomic mass is 35.5. The first-order valence-electron chi connectivity index (χ1n) is 7.07. The third-order valence-electron chi connectivity index (χ3n) is 3.18. The molecule has 128 valence electrons. The zero-order chi connectivity index (χ0) is 17.5. The number of carbonyl (C=O) groups excluding carboxylic acids is 1. The molecule has 0 unspecified atom stereocenters. The Labute approximate surface area is 149 Å². The van der Waals surface area contributed by atoms with E-state index in [-0.39, 0.29) is 5.91 Å². The van der Waals surface area contributed by atoms with Crippen molar-refractivity contribution in [3.8, 4) is 17.2 Å². The number of nitrogens with one attached hydrogen (secondary N) is 1. The van der Waals surface area contributed by atoms with Crippen LogP contribution in [-0.2, 0) is 11.3 Å². The SMILES string of the molecule is COc1cc(CNC(=O)C=Cc2ccc(Cl)s2)cc(OC)c1OC. The second kappa shape index (κ2) is 8.61. The fraction of sp³-hybridized carbons (Fsp3) is 0.235. The molecule has 1 heterocycles. The van der Waals surface area contributed by atoms with Crippen LogP contribution in [0.1, 0.15) is 10.4 Å². The Morgan fingerprint density at radius 2 is 1.83 bits per heavy atom. The van der Waals surface area contributed by atoms with Gasteiger partial charge in [0.25, 0.3) is 0 Å². The van der Waals surface area contributed by atoms with Crippen LogP contribution in [-0.4, -0.2) is 27.2 Å². The van der Waals surface area contributed by atoms with Crippen molar-refractivity contribution in [3.05, 3.63) is 45.1 Å². The van der Waals surface area contributed by atoms with Crippen LogP contribution in [0.3, 0.4) is 0 Å². The topological polar surface area (TPSA) is 56.8 Å². The van der Waals surface area contributed by atoms with Gasteiger partial charge >= 0.3 is 0 Å². The maximum Gasteiger partial charge on any atom is 0.244 e. The lowest BCUT2D eigenvalue weighted by Crippen LogP contribution is -2.20. The molecule has 2 aromatic rings. The van der Waals surface area contributed by atoms with Crippen molar-refractivity contribution in [1.82, 2.24) is 5.32 Å². The van der Waals surface area contributed by atoms with Crippen molar-refractivity contribution in [1.29, 1.82) is 0 Å². The number of carbonyl (C=O) groups is 1. The maximum absolute atomic E-state index is 11.9. The van der Waals surface area contributed by atoms with Crippen LogP contribution in [0, 0.1) is 0 Å². The molecule has 0 saturated carbocycles. The number of benzene rings is 1. The molecule has 0 saturated heterocycles. The van der Waals surface area contributed by atoms with Crippen LogP contribution in [0.4, 0.5) is 0 Å². The minimum absolute atomic E-state index is 0.201. The molecular weight excluding hydrogens is 350 g/mol. The molecule has 0 radical (unpaired) electrons. The van der Waals surface area contributed by atoms with Crippen LogP contribution in [0.25, 0.3) is 6.08 Å². The molecule has 5 nitrogen and oxygen atoms in total. The van der Waals surface area contributed by atoms with Crippen LogP contribution >= 0.6 is 22.9 Å². The highest BCUT2D eigenvalue weighted by Crippen LogP contribution is 2.38. The van der Waals surface area contributed by atoms with E-state index in [4.69, 9.17) is 25.8 Å². The van der Waals surface area contributed by atoms with Crippen molar-refractivity contribution in [2.75, 3.05) is 21.3 Å². The van der Waals surface area contributed by atoms with Gasteiger partial charge in [-0.05, 0) is 35.9 Å². The smallest absolute Gasteiger partial charge is 0.244 e. The Morgan fingerprint density at radius 3 is 2.33 bits per heavy atom. The number of hydrogen-bond acceptors (Lipinski definition) is 5. The van der Waals surface area contributed by atoms with Crippen LogP contribution in [0.5, 0.6) is 17.2 Å². The van der Waals surface area contributed by atoms with Gasteiger partial charge in [0.15, 0.2) is 11.5 Å². The van der Waals surface area contributed by atoms with Crippen LogP contribution in [0.2, 0.25) is 4.34 Å². The molecule has 1 amide bonds. The van der Waals surface area contributed by atoms with E-state index in [0.29, 0.717) is 28.1 Å². The van der Waals surface area contributed by atoms with E-state index >= 15 is 0 Å². The van der Waals surface area contributed by atoms with Gasteiger partial charge in [0, 0.05) is 17.5 Å². The number of hydrogen-bond donors (Lipinski definition) is 1. The molecule has 1 aromatic heterocycles. The van der Waals surface area contributed by atoms with E-state index in [9.17, 15) is 4.79 Å². The summed E-state index contributed by atoms with van der Waals surface area (Å²) < 4.78 is 16.5. The average Bonchev–Trinajstić information content (AvgIpc) is 3.02. The number of rotatable bonds is 7. The molecule has 1 aromatic carbocycles. The quantitative estimate of drug-likeness (QED) is 0.757. The molecule has 0 spiro atoms. The van der Waals surface area contributed by atoms with E-state index in [2.05, 4.69) is 5.32 Å². The monoisotopic (exact) mass is 367 g/mol. The molecule has 0 aliphatic rings. The van der Waals surface area contributed by atoms with Gasteiger partial charge in [-0.1, -0.05) is 11.6 Å². The molecule has 0 bridgehead atoms. The van der Waals surface area contributed by atoms with Gasteiger partial charge in [0.05, 0.1) is 25.7 Å². The summed E-state index contributed by atoms with van der Waals surface area (Å²) in [6, 6.07) is 7.24. The predicted octanol–water partition coefficient (Wildman–Crippen LogP) is 3.76. The van der Waals surface area contributed by atoms with E-state index < -0.39 is 0 Å². The number of methoxy groups -OCH3 is 3. The van der Waals surface area contributed by atoms with Crippen molar-refractivity contribution in [2.45, 2.75) is 6.54 Å². The maximum atomic E-state index is 11.9. The Morgan fingerprint density at radius 1 is 1.17 bits per heavy atom. The number of amides is 1. The summed E-state index contributed by atoms with van der Waals surface area (Å²) >= 11 is 7.26. The first-order valence-corrected chi connectivity index (χ1v) is 8.27. The Balaban J connectivity index is 2.03. The van der Waals surface area contributed by atoms with Gasteiger partial charge in [0.1, 0.15) is 0 Å². The first kappa shape index (κ1) is 18.2. The highest BCUT2D eigenvalue weighted by molar-refractivity contribution is 7.17. The Hall–Kier alpha value is -2.18. The summed E-state index contributed by atoms with van der Waals surface area (Å²) in [5.74, 6) is 1.41. The summed E-state index contributed by atoms with van der Waals surface area (Å²) in [4.78, 5) is 12.8. The summed E-state index contributed by atoms with van der Waals surface area (Å²) in [5.41, 5.74) is 0.838. The van der Waals surface area contributed by atoms with Crippen molar-refractivity contribution in [2.24, 2.45) is 0 Å². The lowest BCUT2D eigenvalue weighted by molar-refractivity contribution is -0.116. The summed E-state index contributed by atoms with van der Waals surface area (Å²) in [7, 11) is 4.65. The number of thiophene rings is 1. The van der Waals surface area contributed by atoms with Crippen LogP contribution in [0.15, 0.2) is 30.3 Å². The average molecular weight is 368 g/mol. The minimum atomic E-state index is -0.201. The van der Waals surface area contributed by atoms with E-state index in [1.165, 1.54) is 17.4 Å². The molecule has 0 aliphatic heterocycles. The molecule has 1 N–H and O–H groups in total. The first-order chi connectivity index (χ1) is 11.6. The minimum Gasteiger partial charge on any atom is -0.493 e. The highest BCUT2D eigenvalue weighted by Gasteiger charge is 2.13. The summed E-state index contributed by atoms with van der Waals surface area (Å²) in [5, 5.41) is 2.81. The van der Waals surface area contributed by atoms with Gasteiger partial charge in [-0.2, -0.15) is 0 Å². The zero-order valence-electron chi connectivity index (χ0n) is 13.6. The number of ether oxygens (including phenoxy) is 3. The largest absolute Gasteiger partial charge is 0.493 e. The molecule has 7 heteroatoms. The predicted molar refractivity (Wildman–Crippen MR) is 96.3 cm³/mol. The Bertz CT molecular complexity index is 717. The summed E-state index contributed by atoms with van der Waals surface area (Å²) in [6.45, 7) is 0.338. The van der Waals surface area contributed by atoms with Gasteiger partial charge in [0.2, 0.25) is 11.7 Å². The molecule has 2 rings (SSSR count). The molecule has 0 aliphatic carbocycles. The van der Waals surface area contributed by atoms with Crippen molar-refractivity contribution >= 4 is 34.9 Å². The Kier molecular flexibility index (Phi) is 6.52. The fourth-order valence-electron chi connectivity index (χ4n) is 2.06. The number of halogens is 1. The molecule has 24 heavy (non-hydrogen) atoms. The standard InChI is InChI=1S/C17H18ClNO4S/c1-21-13-8-11(9-14(22-2)17(13)23-3)10-19-16(20)7-5-12-4-6-15(18)24-12/h4-9H,10H2,1-3H3,(H,19,20). The summed E-state index contributed by atoms with van der Waals surface area (Å²) in [6.07, 6.45) is 3.20. The van der Waals surface area contributed by atoms with Crippen molar-refractivity contribution < 1.29 is 19.0 Å². The zero-order valence-corrected chi connectivity index (χ0v) is 15.2. The normalized spacial score (nSPS) is 10.7. The molecule has 0 atom stereocenters. The molecule has 0 fully saturated rings. The third kappa shape index (κ3) is 4.66.